The molecular weight excluding hydrogens is 292 g/mol. The maximum atomic E-state index is 12.1. The molecule has 0 unspecified atom stereocenters. The monoisotopic (exact) mass is 314 g/mol. The summed E-state index contributed by atoms with van der Waals surface area (Å²) in [5, 5.41) is 0. The zero-order valence-electron chi connectivity index (χ0n) is 13.2. The molecule has 0 bridgehead atoms. The van der Waals surface area contributed by atoms with Crippen LogP contribution in [0.1, 0.15) is 31.7 Å². The van der Waals surface area contributed by atoms with E-state index < -0.39 is 0 Å². The Morgan fingerprint density at radius 2 is 1.91 bits per heavy atom. The Balaban J connectivity index is 2.19. The van der Waals surface area contributed by atoms with Gasteiger partial charge in [0.2, 0.25) is 0 Å². The van der Waals surface area contributed by atoms with Crippen molar-refractivity contribution in [2.45, 2.75) is 42.4 Å². The number of ether oxygens (including phenoxy) is 1. The number of hydrogen-bond donors (Lipinski definition) is 0. The van der Waals surface area contributed by atoms with E-state index in [4.69, 9.17) is 4.74 Å². The maximum absolute atomic E-state index is 12.1. The highest BCUT2D eigenvalue weighted by atomic mass is 32.2. The number of rotatable bonds is 8. The molecule has 22 heavy (non-hydrogen) atoms. The summed E-state index contributed by atoms with van der Waals surface area (Å²) in [6.45, 7) is 2.11. The van der Waals surface area contributed by atoms with Crippen LogP contribution < -0.4 is 4.74 Å². The highest BCUT2D eigenvalue weighted by Gasteiger charge is 2.11. The summed E-state index contributed by atoms with van der Waals surface area (Å²) in [4.78, 5) is 14.4. The Hall–Kier alpha value is -1.74. The van der Waals surface area contributed by atoms with Gasteiger partial charge in [-0.15, -0.1) is 0 Å². The van der Waals surface area contributed by atoms with Gasteiger partial charge in [0.1, 0.15) is 11.5 Å². The van der Waals surface area contributed by atoms with Crippen LogP contribution in [0.15, 0.2) is 58.3 Å². The second-order valence-electron chi connectivity index (χ2n) is 5.21. The number of unbranched alkanes of at least 4 members (excludes halogenated alkanes) is 1. The Bertz CT molecular complexity index is 608. The van der Waals surface area contributed by atoms with Gasteiger partial charge < -0.3 is 4.74 Å². The minimum absolute atomic E-state index is 0.296. The second-order valence-corrected chi connectivity index (χ2v) is 6.32. The summed E-state index contributed by atoms with van der Waals surface area (Å²) < 4.78 is 5.30. The molecule has 0 fully saturated rings. The summed E-state index contributed by atoms with van der Waals surface area (Å²) >= 11 is 1.69. The molecule has 2 aromatic carbocycles. The number of methoxy groups -OCH3 is 1. The average molecular weight is 314 g/mol. The van der Waals surface area contributed by atoms with Gasteiger partial charge in [0.05, 0.1) is 7.11 Å². The molecule has 0 heterocycles. The van der Waals surface area contributed by atoms with Crippen molar-refractivity contribution in [3.63, 3.8) is 0 Å². The molecule has 0 saturated heterocycles. The quantitative estimate of drug-likeness (QED) is 0.674. The van der Waals surface area contributed by atoms with Crippen molar-refractivity contribution in [3.05, 3.63) is 54.1 Å². The van der Waals surface area contributed by atoms with Crippen molar-refractivity contribution in [2.75, 3.05) is 7.11 Å². The molecule has 0 radical (unpaired) electrons. The first-order valence-corrected chi connectivity index (χ1v) is 8.46. The standard InChI is InChI=1S/C19H22O2S/c1-3-4-8-16(20)13-15-14-17(21-2)11-12-19(15)22-18-9-6-5-7-10-18/h5-7,9-12,14H,3-4,8,13H2,1-2H3. The smallest absolute Gasteiger partial charge is 0.137 e. The van der Waals surface area contributed by atoms with Crippen LogP contribution in [-0.4, -0.2) is 12.9 Å². The lowest BCUT2D eigenvalue weighted by molar-refractivity contribution is -0.118. The number of carbonyl (C=O) groups excluding carboxylic acids is 1. The molecule has 0 aromatic heterocycles. The zero-order chi connectivity index (χ0) is 15.8. The maximum Gasteiger partial charge on any atom is 0.137 e. The van der Waals surface area contributed by atoms with E-state index in [-0.39, 0.29) is 0 Å². The molecule has 3 heteroatoms. The lowest BCUT2D eigenvalue weighted by Crippen LogP contribution is -2.04. The van der Waals surface area contributed by atoms with Crippen LogP contribution in [0.5, 0.6) is 5.75 Å². The third-order valence-corrected chi connectivity index (χ3v) is 4.56. The van der Waals surface area contributed by atoms with Crippen LogP contribution in [0.3, 0.4) is 0 Å². The number of benzene rings is 2. The summed E-state index contributed by atoms with van der Waals surface area (Å²) in [5.41, 5.74) is 1.05. The van der Waals surface area contributed by atoms with Crippen molar-refractivity contribution in [1.82, 2.24) is 0 Å². The summed E-state index contributed by atoms with van der Waals surface area (Å²) in [6.07, 6.45) is 3.15. The predicted octanol–water partition coefficient (Wildman–Crippen LogP) is 5.15. The molecule has 0 aliphatic rings. The Morgan fingerprint density at radius 3 is 2.59 bits per heavy atom. The van der Waals surface area contributed by atoms with E-state index in [2.05, 4.69) is 19.1 Å². The number of hydrogen-bond acceptors (Lipinski definition) is 3. The highest BCUT2D eigenvalue weighted by molar-refractivity contribution is 7.99. The Labute approximate surface area is 136 Å². The van der Waals surface area contributed by atoms with Crippen LogP contribution in [0.4, 0.5) is 0 Å². The van der Waals surface area contributed by atoms with Crippen molar-refractivity contribution in [3.8, 4) is 5.75 Å². The van der Waals surface area contributed by atoms with Crippen LogP contribution in [-0.2, 0) is 11.2 Å². The van der Waals surface area contributed by atoms with Gasteiger partial charge in [0.25, 0.3) is 0 Å². The van der Waals surface area contributed by atoms with E-state index in [9.17, 15) is 4.79 Å². The molecule has 2 rings (SSSR count). The van der Waals surface area contributed by atoms with Gasteiger partial charge >= 0.3 is 0 Å². The molecule has 0 spiro atoms. The number of ketones is 1. The van der Waals surface area contributed by atoms with E-state index in [1.165, 1.54) is 4.90 Å². The summed E-state index contributed by atoms with van der Waals surface area (Å²) in [7, 11) is 1.65. The van der Waals surface area contributed by atoms with Crippen LogP contribution in [0.25, 0.3) is 0 Å². The molecule has 116 valence electrons. The number of carbonyl (C=O) groups is 1. The Kier molecular flexibility index (Phi) is 6.53. The van der Waals surface area contributed by atoms with Crippen molar-refractivity contribution < 1.29 is 9.53 Å². The lowest BCUT2D eigenvalue weighted by Gasteiger charge is -2.11. The van der Waals surface area contributed by atoms with Crippen molar-refractivity contribution in [1.29, 1.82) is 0 Å². The van der Waals surface area contributed by atoms with Crippen LogP contribution in [0, 0.1) is 0 Å². The molecule has 0 aliphatic heterocycles. The molecule has 2 nitrogen and oxygen atoms in total. The molecule has 0 aliphatic carbocycles. The van der Waals surface area contributed by atoms with Gasteiger partial charge in [0, 0.05) is 22.6 Å². The topological polar surface area (TPSA) is 26.3 Å². The predicted molar refractivity (Wildman–Crippen MR) is 91.8 cm³/mol. The first kappa shape index (κ1) is 16.6. The van der Waals surface area contributed by atoms with Gasteiger partial charge in [-0.05, 0) is 42.3 Å². The minimum atomic E-state index is 0.296. The van der Waals surface area contributed by atoms with E-state index in [0.29, 0.717) is 18.6 Å². The Morgan fingerprint density at radius 1 is 1.14 bits per heavy atom. The van der Waals surface area contributed by atoms with Crippen molar-refractivity contribution >= 4 is 17.5 Å². The minimum Gasteiger partial charge on any atom is -0.497 e. The SMILES string of the molecule is CCCCC(=O)Cc1cc(OC)ccc1Sc1ccccc1. The van der Waals surface area contributed by atoms with E-state index in [1.807, 2.05) is 36.4 Å². The number of Topliss-reactive ketones (excluding diaryl/α,β-unsaturated/α-hetero) is 1. The third-order valence-electron chi connectivity index (χ3n) is 3.44. The van der Waals surface area contributed by atoms with Crippen molar-refractivity contribution in [2.24, 2.45) is 0 Å². The zero-order valence-corrected chi connectivity index (χ0v) is 14.0. The van der Waals surface area contributed by atoms with Gasteiger partial charge in [-0.25, -0.2) is 0 Å². The van der Waals surface area contributed by atoms with E-state index >= 15 is 0 Å². The van der Waals surface area contributed by atoms with E-state index in [1.54, 1.807) is 18.9 Å². The lowest BCUT2D eigenvalue weighted by atomic mass is 10.0. The van der Waals surface area contributed by atoms with Gasteiger partial charge in [-0.3, -0.25) is 4.79 Å². The molecule has 0 amide bonds. The molecule has 2 aromatic rings. The first-order valence-electron chi connectivity index (χ1n) is 7.64. The largest absolute Gasteiger partial charge is 0.497 e. The molecule has 0 N–H and O–H groups in total. The first-order chi connectivity index (χ1) is 10.7. The molecular formula is C19H22O2S. The van der Waals surface area contributed by atoms with Crippen LogP contribution >= 0.6 is 11.8 Å². The van der Waals surface area contributed by atoms with Gasteiger partial charge in [-0.1, -0.05) is 43.3 Å². The van der Waals surface area contributed by atoms with Gasteiger partial charge in [0.15, 0.2) is 0 Å². The normalized spacial score (nSPS) is 10.5. The van der Waals surface area contributed by atoms with Gasteiger partial charge in [-0.2, -0.15) is 0 Å². The second kappa shape index (κ2) is 8.64. The molecule has 0 saturated carbocycles. The fourth-order valence-corrected chi connectivity index (χ4v) is 3.16. The van der Waals surface area contributed by atoms with E-state index in [0.717, 1.165) is 29.1 Å². The highest BCUT2D eigenvalue weighted by Crippen LogP contribution is 2.33. The van der Waals surface area contributed by atoms with Crippen LogP contribution in [0.2, 0.25) is 0 Å². The fraction of sp³-hybridized carbons (Fsp3) is 0.316. The summed E-state index contributed by atoms with van der Waals surface area (Å²) in [6, 6.07) is 16.2. The average Bonchev–Trinajstić information content (AvgIpc) is 2.55. The third kappa shape index (κ3) is 4.92. The molecule has 0 atom stereocenters. The summed E-state index contributed by atoms with van der Waals surface area (Å²) in [5.74, 6) is 1.10. The fourth-order valence-electron chi connectivity index (χ4n) is 2.21.